The second kappa shape index (κ2) is 13.3. The molecule has 0 fully saturated rings. The van der Waals surface area contributed by atoms with Crippen LogP contribution in [0.4, 0.5) is 0 Å². The van der Waals surface area contributed by atoms with Gasteiger partial charge in [-0.2, -0.15) is 0 Å². The fourth-order valence-corrected chi connectivity index (χ4v) is 3.59. The summed E-state index contributed by atoms with van der Waals surface area (Å²) < 4.78 is 13.3. The smallest absolute Gasteiger partial charge is 0.414 e. The Morgan fingerprint density at radius 1 is 0.947 bits per heavy atom. The van der Waals surface area contributed by atoms with Crippen molar-refractivity contribution in [1.29, 1.82) is 0 Å². The molecule has 2 rings (SSSR count). The van der Waals surface area contributed by atoms with Gasteiger partial charge in [0.05, 0.1) is 22.0 Å². The zero-order valence-corrected chi connectivity index (χ0v) is 24.5. The van der Waals surface area contributed by atoms with Crippen molar-refractivity contribution in [3.8, 4) is 5.75 Å². The number of fused-ring (bicyclic) bond motifs is 1. The third-order valence-corrected chi connectivity index (χ3v) is 5.39. The van der Waals surface area contributed by atoms with Crippen molar-refractivity contribution in [3.63, 3.8) is 0 Å². The van der Waals surface area contributed by atoms with Crippen molar-refractivity contribution in [2.75, 3.05) is 27.2 Å². The first-order valence-electron chi connectivity index (χ1n) is 11.8. The van der Waals surface area contributed by atoms with Gasteiger partial charge in [-0.3, -0.25) is 9.36 Å². The minimum absolute atomic E-state index is 0.0931. The van der Waals surface area contributed by atoms with E-state index in [1.807, 2.05) is 39.8 Å². The molecule has 0 amide bonds. The molecule has 1 heterocycles. The number of carbonyl (C=O) groups is 3. The zero-order chi connectivity index (χ0) is 29.6. The summed E-state index contributed by atoms with van der Waals surface area (Å²) in [5.41, 5.74) is -1.27. The monoisotopic (exact) mass is 574 g/mol. The van der Waals surface area contributed by atoms with Crippen LogP contribution in [0.25, 0.3) is 10.8 Å². The van der Waals surface area contributed by atoms with Gasteiger partial charge >= 0.3 is 17.9 Å². The molecule has 0 aliphatic carbocycles. The summed E-state index contributed by atoms with van der Waals surface area (Å²) >= 11 is 12.5. The molecule has 0 aliphatic heterocycles. The van der Waals surface area contributed by atoms with E-state index in [2.05, 4.69) is 0 Å². The molecule has 0 atom stereocenters. The third kappa shape index (κ3) is 10.2. The molecule has 0 spiro atoms. The third-order valence-electron chi connectivity index (χ3n) is 4.67. The number of aliphatic carboxylic acids is 2. The Balaban J connectivity index is 0.00000107. The van der Waals surface area contributed by atoms with Crippen LogP contribution in [0.15, 0.2) is 16.9 Å². The number of benzene rings is 1. The van der Waals surface area contributed by atoms with Gasteiger partial charge in [-0.25, -0.2) is 14.4 Å². The Morgan fingerprint density at radius 3 is 1.87 bits per heavy atom. The molecule has 38 heavy (non-hydrogen) atoms. The Kier molecular flexibility index (Phi) is 11.6. The maximum absolute atomic E-state index is 13.5. The molecular weight excluding hydrogens is 539 g/mol. The number of carboxylic acid groups (broad SMARTS) is 2. The number of carboxylic acids is 2. The topological polar surface area (TPSA) is 135 Å². The molecular formula is C26H36Cl2N2O8. The van der Waals surface area contributed by atoms with Gasteiger partial charge in [-0.05, 0) is 58.8 Å². The summed E-state index contributed by atoms with van der Waals surface area (Å²) in [5.74, 6) is -3.98. The Bertz CT molecular complexity index is 1230. The van der Waals surface area contributed by atoms with Crippen molar-refractivity contribution in [3.05, 3.63) is 38.2 Å². The minimum Gasteiger partial charge on any atom is -0.490 e. The number of rotatable bonds is 7. The van der Waals surface area contributed by atoms with Gasteiger partial charge in [-0.1, -0.05) is 44.0 Å². The number of halogens is 2. The van der Waals surface area contributed by atoms with Crippen LogP contribution in [0, 0.1) is 5.41 Å². The normalized spacial score (nSPS) is 11.7. The van der Waals surface area contributed by atoms with Crippen LogP contribution >= 0.6 is 23.2 Å². The van der Waals surface area contributed by atoms with E-state index in [-0.39, 0.29) is 32.5 Å². The second-order valence-electron chi connectivity index (χ2n) is 11.1. The number of carbonyl (C=O) groups excluding carboxylic acids is 1. The molecule has 0 saturated heterocycles. The van der Waals surface area contributed by atoms with Crippen molar-refractivity contribution in [2.24, 2.45) is 5.41 Å². The first-order valence-corrected chi connectivity index (χ1v) is 12.5. The van der Waals surface area contributed by atoms with E-state index in [1.54, 1.807) is 26.8 Å². The quantitative estimate of drug-likeness (QED) is 0.271. The first-order chi connectivity index (χ1) is 17.2. The molecule has 10 nitrogen and oxygen atoms in total. The van der Waals surface area contributed by atoms with Crippen molar-refractivity contribution in [2.45, 2.75) is 60.1 Å². The SMILES string of the molecule is CN(C)CCCOc1c(C(=O)OC(C)(C)C)n(CC(C)(C)C)c(=O)c2cc(Cl)c(Cl)cc12.O=C(O)C(=O)O. The second-order valence-corrected chi connectivity index (χ2v) is 11.9. The lowest BCUT2D eigenvalue weighted by Gasteiger charge is -2.27. The van der Waals surface area contributed by atoms with Gasteiger partial charge in [0.25, 0.3) is 5.56 Å². The van der Waals surface area contributed by atoms with E-state index >= 15 is 0 Å². The number of hydrogen-bond acceptors (Lipinski definition) is 7. The fraction of sp³-hybridized carbons (Fsp3) is 0.538. The first kappa shape index (κ1) is 33.2. The minimum atomic E-state index is -1.82. The molecule has 2 N–H and O–H groups in total. The number of pyridine rings is 1. The van der Waals surface area contributed by atoms with Gasteiger partial charge in [0, 0.05) is 18.5 Å². The number of aromatic nitrogens is 1. The molecule has 0 bridgehead atoms. The molecule has 0 aliphatic rings. The van der Waals surface area contributed by atoms with Crippen LogP contribution in [0.2, 0.25) is 10.0 Å². The summed E-state index contributed by atoms with van der Waals surface area (Å²) in [5, 5.41) is 16.1. The Labute approximate surface area is 232 Å². The predicted molar refractivity (Wildman–Crippen MR) is 147 cm³/mol. The number of hydrogen-bond donors (Lipinski definition) is 2. The average molecular weight is 575 g/mol. The van der Waals surface area contributed by atoms with E-state index in [1.165, 1.54) is 10.6 Å². The molecule has 212 valence electrons. The van der Waals surface area contributed by atoms with Crippen LogP contribution in [0.5, 0.6) is 5.75 Å². The highest BCUT2D eigenvalue weighted by atomic mass is 35.5. The van der Waals surface area contributed by atoms with Crippen molar-refractivity contribution < 1.29 is 34.1 Å². The predicted octanol–water partition coefficient (Wildman–Crippen LogP) is 4.80. The molecule has 0 radical (unpaired) electrons. The lowest BCUT2D eigenvalue weighted by Crippen LogP contribution is -2.34. The summed E-state index contributed by atoms with van der Waals surface area (Å²) in [6.45, 7) is 12.8. The molecule has 2 aromatic rings. The highest BCUT2D eigenvalue weighted by Gasteiger charge is 2.30. The van der Waals surface area contributed by atoms with Gasteiger partial charge in [0.1, 0.15) is 5.60 Å². The van der Waals surface area contributed by atoms with Crippen LogP contribution in [-0.4, -0.2) is 70.4 Å². The number of nitrogens with zero attached hydrogens (tertiary/aromatic N) is 2. The Morgan fingerprint density at radius 2 is 1.45 bits per heavy atom. The zero-order valence-electron chi connectivity index (χ0n) is 23.0. The molecule has 0 unspecified atom stereocenters. The van der Waals surface area contributed by atoms with Crippen molar-refractivity contribution >= 4 is 51.9 Å². The maximum Gasteiger partial charge on any atom is 0.414 e. The average Bonchev–Trinajstić information content (AvgIpc) is 2.73. The van der Waals surface area contributed by atoms with E-state index < -0.39 is 23.5 Å². The van der Waals surface area contributed by atoms with Crippen LogP contribution in [0.1, 0.15) is 58.5 Å². The summed E-state index contributed by atoms with van der Waals surface area (Å²) in [7, 11) is 3.96. The van der Waals surface area contributed by atoms with E-state index in [4.69, 9.17) is 52.5 Å². The molecule has 1 aromatic heterocycles. The molecule has 0 saturated carbocycles. The van der Waals surface area contributed by atoms with Crippen LogP contribution in [-0.2, 0) is 20.9 Å². The Hall–Kier alpha value is -2.82. The van der Waals surface area contributed by atoms with Gasteiger partial charge < -0.3 is 24.6 Å². The molecule has 12 heteroatoms. The lowest BCUT2D eigenvalue weighted by molar-refractivity contribution is -0.159. The highest BCUT2D eigenvalue weighted by molar-refractivity contribution is 6.42. The largest absolute Gasteiger partial charge is 0.490 e. The van der Waals surface area contributed by atoms with Gasteiger partial charge in [0.15, 0.2) is 11.4 Å². The van der Waals surface area contributed by atoms with Gasteiger partial charge in [0.2, 0.25) is 0 Å². The molecule has 1 aromatic carbocycles. The van der Waals surface area contributed by atoms with E-state index in [0.717, 1.165) is 13.0 Å². The standard InChI is InChI=1S/C24H34Cl2N2O4.C2H2O4/c1-23(2,3)14-28-19(22(30)32-24(4,5)6)20(31-11-9-10-27(7)8)15-12-17(25)18(26)13-16(15)21(28)29;3-1(4)2(5)6/h12-13H,9-11,14H2,1-8H3;(H,3,4)(H,5,6). The van der Waals surface area contributed by atoms with E-state index in [0.29, 0.717) is 23.9 Å². The lowest BCUT2D eigenvalue weighted by atomic mass is 9.96. The van der Waals surface area contributed by atoms with Crippen LogP contribution < -0.4 is 10.3 Å². The van der Waals surface area contributed by atoms with Crippen molar-refractivity contribution in [1.82, 2.24) is 9.47 Å². The summed E-state index contributed by atoms with van der Waals surface area (Å²) in [6.07, 6.45) is 0.738. The van der Waals surface area contributed by atoms with E-state index in [9.17, 15) is 9.59 Å². The van der Waals surface area contributed by atoms with Gasteiger partial charge in [-0.15, -0.1) is 0 Å². The summed E-state index contributed by atoms with van der Waals surface area (Å²) in [4.78, 5) is 47.1. The number of ether oxygens (including phenoxy) is 2. The number of esters is 1. The maximum atomic E-state index is 13.5. The fourth-order valence-electron chi connectivity index (χ4n) is 3.26. The highest BCUT2D eigenvalue weighted by Crippen LogP contribution is 2.35. The summed E-state index contributed by atoms with van der Waals surface area (Å²) in [6, 6.07) is 3.11. The van der Waals surface area contributed by atoms with Crippen LogP contribution in [0.3, 0.4) is 0 Å².